The van der Waals surface area contributed by atoms with Crippen LogP contribution in [-0.4, -0.2) is 16.6 Å². The molecule has 1 aromatic carbocycles. The first-order chi connectivity index (χ1) is 7.48. The third-order valence-electron chi connectivity index (χ3n) is 3.08. The Morgan fingerprint density at radius 3 is 2.69 bits per heavy atom. The minimum atomic E-state index is -0.758. The number of hydrogen-bond acceptors (Lipinski definition) is 2. The molecule has 1 N–H and O–H groups in total. The summed E-state index contributed by atoms with van der Waals surface area (Å²) in [7, 11) is 0. The smallest absolute Gasteiger partial charge is 0.0840 e. The zero-order chi connectivity index (χ0) is 11.8. The van der Waals surface area contributed by atoms with E-state index in [1.807, 2.05) is 31.7 Å². The van der Waals surface area contributed by atoms with Crippen molar-refractivity contribution in [3.8, 4) is 0 Å². The molecule has 0 bridgehead atoms. The van der Waals surface area contributed by atoms with Crippen LogP contribution in [-0.2, 0) is 5.60 Å². The fraction of sp³-hybridized carbons (Fsp3) is 0.538. The highest BCUT2D eigenvalue weighted by Gasteiger charge is 2.22. The van der Waals surface area contributed by atoms with Gasteiger partial charge < -0.3 is 5.11 Å². The summed E-state index contributed by atoms with van der Waals surface area (Å²) >= 11 is 5.65. The van der Waals surface area contributed by atoms with Gasteiger partial charge in [0.2, 0.25) is 0 Å². The van der Waals surface area contributed by atoms with Crippen LogP contribution in [0.1, 0.15) is 37.3 Å². The summed E-state index contributed by atoms with van der Waals surface area (Å²) in [6.07, 6.45) is 1.27. The molecule has 88 valence electrons. The maximum absolute atomic E-state index is 9.94. The summed E-state index contributed by atoms with van der Waals surface area (Å²) in [5.41, 5.74) is 1.60. The zero-order valence-electron chi connectivity index (χ0n) is 9.66. The molecule has 1 aliphatic rings. The van der Waals surface area contributed by atoms with Crippen molar-refractivity contribution in [1.29, 1.82) is 0 Å². The maximum Gasteiger partial charge on any atom is 0.0840 e. The summed E-state index contributed by atoms with van der Waals surface area (Å²) in [5.74, 6) is 3.17. The van der Waals surface area contributed by atoms with Gasteiger partial charge in [-0.3, -0.25) is 0 Å². The van der Waals surface area contributed by atoms with Gasteiger partial charge in [-0.2, -0.15) is 11.8 Å². The van der Waals surface area contributed by atoms with E-state index in [1.54, 1.807) is 0 Å². The average molecular weight is 301 g/mol. The third-order valence-corrected chi connectivity index (χ3v) is 4.93. The van der Waals surface area contributed by atoms with E-state index in [-0.39, 0.29) is 0 Å². The molecule has 1 fully saturated rings. The van der Waals surface area contributed by atoms with Gasteiger partial charge in [-0.15, -0.1) is 0 Å². The molecule has 0 aliphatic carbocycles. The van der Waals surface area contributed by atoms with Crippen LogP contribution in [0.2, 0.25) is 0 Å². The van der Waals surface area contributed by atoms with Gasteiger partial charge in [-0.05, 0) is 49.1 Å². The van der Waals surface area contributed by atoms with Gasteiger partial charge >= 0.3 is 0 Å². The normalized spacial score (nSPS) is 21.4. The summed E-state index contributed by atoms with van der Waals surface area (Å²) in [5, 5.41) is 9.94. The number of aliphatic hydroxyl groups is 1. The van der Waals surface area contributed by atoms with Gasteiger partial charge in [0.05, 0.1) is 5.60 Å². The number of thioether (sulfide) groups is 1. The van der Waals surface area contributed by atoms with E-state index in [2.05, 4.69) is 28.1 Å². The molecule has 1 nitrogen and oxygen atoms in total. The molecule has 3 heteroatoms. The third kappa shape index (κ3) is 2.63. The van der Waals surface area contributed by atoms with E-state index in [0.29, 0.717) is 5.92 Å². The molecule has 1 aromatic rings. The van der Waals surface area contributed by atoms with Crippen LogP contribution in [0.3, 0.4) is 0 Å². The van der Waals surface area contributed by atoms with Crippen molar-refractivity contribution >= 4 is 27.7 Å². The minimum Gasteiger partial charge on any atom is -0.386 e. The fourth-order valence-electron chi connectivity index (χ4n) is 2.02. The van der Waals surface area contributed by atoms with Crippen LogP contribution in [0.15, 0.2) is 22.7 Å². The second kappa shape index (κ2) is 4.71. The molecule has 1 atom stereocenters. The highest BCUT2D eigenvalue weighted by Crippen LogP contribution is 2.37. The van der Waals surface area contributed by atoms with Crippen LogP contribution in [0.25, 0.3) is 0 Å². The van der Waals surface area contributed by atoms with Gasteiger partial charge in [-0.25, -0.2) is 0 Å². The molecule has 0 saturated carbocycles. The second-order valence-electron chi connectivity index (χ2n) is 4.86. The summed E-state index contributed by atoms with van der Waals surface area (Å²) in [6, 6.07) is 6.26. The van der Waals surface area contributed by atoms with Crippen LogP contribution >= 0.6 is 27.7 Å². The Hall–Kier alpha value is 0.01000. The number of hydrogen-bond donors (Lipinski definition) is 1. The van der Waals surface area contributed by atoms with Gasteiger partial charge in [0, 0.05) is 10.2 Å². The molecule has 1 unspecified atom stereocenters. The first-order valence-corrected chi connectivity index (χ1v) is 7.53. The van der Waals surface area contributed by atoms with Crippen molar-refractivity contribution in [2.75, 3.05) is 11.5 Å². The SMILES string of the molecule is CC(C)(O)c1ccc(C2CCSC2)c(Br)c1. The lowest BCUT2D eigenvalue weighted by Gasteiger charge is -2.20. The first-order valence-electron chi connectivity index (χ1n) is 5.58. The molecule has 0 spiro atoms. The molecule has 0 amide bonds. The largest absolute Gasteiger partial charge is 0.386 e. The molecule has 16 heavy (non-hydrogen) atoms. The van der Waals surface area contributed by atoms with Crippen molar-refractivity contribution in [2.45, 2.75) is 31.8 Å². The molecule has 2 rings (SSSR count). The van der Waals surface area contributed by atoms with E-state index in [9.17, 15) is 5.11 Å². The van der Waals surface area contributed by atoms with E-state index in [1.165, 1.54) is 23.5 Å². The Morgan fingerprint density at radius 1 is 1.44 bits per heavy atom. The van der Waals surface area contributed by atoms with E-state index in [4.69, 9.17) is 0 Å². The van der Waals surface area contributed by atoms with Crippen molar-refractivity contribution in [2.24, 2.45) is 0 Å². The fourth-order valence-corrected chi connectivity index (χ4v) is 3.97. The molecular weight excluding hydrogens is 284 g/mol. The summed E-state index contributed by atoms with van der Waals surface area (Å²) in [4.78, 5) is 0. The highest BCUT2D eigenvalue weighted by molar-refractivity contribution is 9.10. The lowest BCUT2D eigenvalue weighted by molar-refractivity contribution is 0.0785. The number of benzene rings is 1. The Balaban J connectivity index is 2.29. The highest BCUT2D eigenvalue weighted by atomic mass is 79.9. The Kier molecular flexibility index (Phi) is 3.67. The number of rotatable bonds is 2. The van der Waals surface area contributed by atoms with E-state index in [0.717, 1.165) is 10.0 Å². The predicted molar refractivity (Wildman–Crippen MR) is 74.1 cm³/mol. The lowest BCUT2D eigenvalue weighted by Crippen LogP contribution is -2.15. The molecule has 0 aromatic heterocycles. The van der Waals surface area contributed by atoms with Crippen molar-refractivity contribution in [3.05, 3.63) is 33.8 Å². The van der Waals surface area contributed by atoms with Gasteiger partial charge in [0.15, 0.2) is 0 Å². The quantitative estimate of drug-likeness (QED) is 0.894. The van der Waals surface area contributed by atoms with Crippen LogP contribution in [0.5, 0.6) is 0 Å². The van der Waals surface area contributed by atoms with Crippen molar-refractivity contribution in [3.63, 3.8) is 0 Å². The standard InChI is InChI=1S/C13H17BrOS/c1-13(2,15)10-3-4-11(12(14)7-10)9-5-6-16-8-9/h3-4,7,9,15H,5-6,8H2,1-2H3. The van der Waals surface area contributed by atoms with Crippen molar-refractivity contribution in [1.82, 2.24) is 0 Å². The molecule has 1 heterocycles. The topological polar surface area (TPSA) is 20.2 Å². The molecule has 1 saturated heterocycles. The van der Waals surface area contributed by atoms with Crippen LogP contribution in [0.4, 0.5) is 0 Å². The molecule has 0 radical (unpaired) electrons. The lowest BCUT2D eigenvalue weighted by atomic mass is 9.93. The first kappa shape index (κ1) is 12.5. The van der Waals surface area contributed by atoms with E-state index >= 15 is 0 Å². The predicted octanol–water partition coefficient (Wildman–Crippen LogP) is 3.90. The monoisotopic (exact) mass is 300 g/mol. The van der Waals surface area contributed by atoms with Crippen LogP contribution < -0.4 is 0 Å². The van der Waals surface area contributed by atoms with Gasteiger partial charge in [-0.1, -0.05) is 28.1 Å². The molecule has 1 aliphatic heterocycles. The average Bonchev–Trinajstić information content (AvgIpc) is 2.69. The summed E-state index contributed by atoms with van der Waals surface area (Å²) < 4.78 is 1.14. The summed E-state index contributed by atoms with van der Waals surface area (Å²) in [6.45, 7) is 3.64. The second-order valence-corrected chi connectivity index (χ2v) is 6.86. The Labute approximate surface area is 110 Å². The van der Waals surface area contributed by atoms with Crippen molar-refractivity contribution < 1.29 is 5.11 Å². The Bertz CT molecular complexity index is 378. The van der Waals surface area contributed by atoms with Gasteiger partial charge in [0.1, 0.15) is 0 Å². The Morgan fingerprint density at radius 2 is 2.19 bits per heavy atom. The van der Waals surface area contributed by atoms with E-state index < -0.39 is 5.60 Å². The number of halogens is 1. The zero-order valence-corrected chi connectivity index (χ0v) is 12.1. The molecular formula is C13H17BrOS. The van der Waals surface area contributed by atoms with Gasteiger partial charge in [0.25, 0.3) is 0 Å². The maximum atomic E-state index is 9.94. The van der Waals surface area contributed by atoms with Crippen LogP contribution in [0, 0.1) is 0 Å². The minimum absolute atomic E-state index is 0.676.